The van der Waals surface area contributed by atoms with Crippen LogP contribution in [-0.2, 0) is 6.42 Å². The van der Waals surface area contributed by atoms with E-state index in [1.807, 2.05) is 18.2 Å². The van der Waals surface area contributed by atoms with Crippen molar-refractivity contribution in [2.24, 2.45) is 0 Å². The Morgan fingerprint density at radius 2 is 1.58 bits per heavy atom. The SMILES string of the molecule is CC(C)(C)Nc1ccc(Cc2ccccc2N)cc1. The van der Waals surface area contributed by atoms with Crippen molar-refractivity contribution in [3.63, 3.8) is 0 Å². The summed E-state index contributed by atoms with van der Waals surface area (Å²) in [6.07, 6.45) is 0.877. The van der Waals surface area contributed by atoms with Gasteiger partial charge in [0.1, 0.15) is 0 Å². The molecule has 0 aliphatic carbocycles. The molecule has 0 heterocycles. The van der Waals surface area contributed by atoms with Gasteiger partial charge in [0.25, 0.3) is 0 Å². The number of para-hydroxylation sites is 1. The number of nitrogens with one attached hydrogen (secondary N) is 1. The highest BCUT2D eigenvalue weighted by molar-refractivity contribution is 5.51. The molecule has 0 fully saturated rings. The topological polar surface area (TPSA) is 38.0 Å². The third-order valence-corrected chi connectivity index (χ3v) is 2.92. The summed E-state index contributed by atoms with van der Waals surface area (Å²) in [6.45, 7) is 6.47. The van der Waals surface area contributed by atoms with E-state index in [1.165, 1.54) is 11.1 Å². The second-order valence-corrected chi connectivity index (χ2v) is 5.95. The Labute approximate surface area is 115 Å². The molecule has 2 aromatic rings. The number of anilines is 2. The number of rotatable bonds is 3. The van der Waals surface area contributed by atoms with E-state index in [4.69, 9.17) is 5.73 Å². The number of hydrogen-bond donors (Lipinski definition) is 2. The highest BCUT2D eigenvalue weighted by Gasteiger charge is 2.08. The molecule has 0 aliphatic rings. The zero-order valence-electron chi connectivity index (χ0n) is 11.9. The van der Waals surface area contributed by atoms with Crippen molar-refractivity contribution in [3.8, 4) is 0 Å². The van der Waals surface area contributed by atoms with Crippen LogP contribution in [0.3, 0.4) is 0 Å². The Bertz CT molecular complexity index is 536. The van der Waals surface area contributed by atoms with Crippen molar-refractivity contribution in [2.45, 2.75) is 32.7 Å². The van der Waals surface area contributed by atoms with E-state index < -0.39 is 0 Å². The molecule has 0 unspecified atom stereocenters. The lowest BCUT2D eigenvalue weighted by molar-refractivity contribution is 0.634. The van der Waals surface area contributed by atoms with Gasteiger partial charge in [0.15, 0.2) is 0 Å². The van der Waals surface area contributed by atoms with Gasteiger partial charge in [-0.15, -0.1) is 0 Å². The smallest absolute Gasteiger partial charge is 0.0349 e. The standard InChI is InChI=1S/C17H22N2/c1-17(2,3)19-15-10-8-13(9-11-15)12-14-6-4-5-7-16(14)18/h4-11,19H,12,18H2,1-3H3. The molecule has 0 bridgehead atoms. The Morgan fingerprint density at radius 3 is 2.16 bits per heavy atom. The summed E-state index contributed by atoms with van der Waals surface area (Å²) in [5.74, 6) is 0. The minimum Gasteiger partial charge on any atom is -0.398 e. The van der Waals surface area contributed by atoms with Gasteiger partial charge in [-0.2, -0.15) is 0 Å². The minimum atomic E-state index is 0.0887. The van der Waals surface area contributed by atoms with Crippen LogP contribution in [-0.4, -0.2) is 5.54 Å². The van der Waals surface area contributed by atoms with Crippen LogP contribution >= 0.6 is 0 Å². The van der Waals surface area contributed by atoms with Crippen molar-refractivity contribution < 1.29 is 0 Å². The zero-order valence-corrected chi connectivity index (χ0v) is 11.9. The van der Waals surface area contributed by atoms with Crippen molar-refractivity contribution in [1.82, 2.24) is 0 Å². The summed E-state index contributed by atoms with van der Waals surface area (Å²) < 4.78 is 0. The van der Waals surface area contributed by atoms with Gasteiger partial charge in [-0.3, -0.25) is 0 Å². The van der Waals surface area contributed by atoms with Crippen LogP contribution < -0.4 is 11.1 Å². The normalized spacial score (nSPS) is 11.3. The molecule has 0 saturated carbocycles. The quantitative estimate of drug-likeness (QED) is 0.810. The van der Waals surface area contributed by atoms with Gasteiger partial charge in [0.05, 0.1) is 0 Å². The molecule has 2 rings (SSSR count). The van der Waals surface area contributed by atoms with Crippen molar-refractivity contribution >= 4 is 11.4 Å². The maximum atomic E-state index is 5.97. The third kappa shape index (κ3) is 4.02. The van der Waals surface area contributed by atoms with Crippen molar-refractivity contribution in [2.75, 3.05) is 11.1 Å². The summed E-state index contributed by atoms with van der Waals surface area (Å²) in [7, 11) is 0. The van der Waals surface area contributed by atoms with E-state index in [1.54, 1.807) is 0 Å². The summed E-state index contributed by atoms with van der Waals surface area (Å²) in [5, 5.41) is 3.46. The van der Waals surface area contributed by atoms with Gasteiger partial charge >= 0.3 is 0 Å². The molecule has 0 amide bonds. The predicted molar refractivity (Wildman–Crippen MR) is 83.5 cm³/mol. The third-order valence-electron chi connectivity index (χ3n) is 2.92. The molecular formula is C17H22N2. The largest absolute Gasteiger partial charge is 0.398 e. The monoisotopic (exact) mass is 254 g/mol. The van der Waals surface area contributed by atoms with E-state index >= 15 is 0 Å². The molecule has 0 aromatic heterocycles. The number of nitrogens with two attached hydrogens (primary N) is 1. The van der Waals surface area contributed by atoms with Gasteiger partial charge in [0, 0.05) is 16.9 Å². The zero-order chi connectivity index (χ0) is 13.9. The number of hydrogen-bond acceptors (Lipinski definition) is 2. The summed E-state index contributed by atoms with van der Waals surface area (Å²) in [5.41, 5.74) is 10.5. The Morgan fingerprint density at radius 1 is 0.947 bits per heavy atom. The number of benzene rings is 2. The molecule has 19 heavy (non-hydrogen) atoms. The first kappa shape index (κ1) is 13.5. The molecule has 0 aliphatic heterocycles. The predicted octanol–water partition coefficient (Wildman–Crippen LogP) is 4.07. The van der Waals surface area contributed by atoms with Crippen LogP contribution in [0.1, 0.15) is 31.9 Å². The molecule has 0 radical (unpaired) electrons. The van der Waals surface area contributed by atoms with Gasteiger partial charge in [0.2, 0.25) is 0 Å². The molecule has 100 valence electrons. The van der Waals surface area contributed by atoms with Crippen LogP contribution in [0, 0.1) is 0 Å². The fourth-order valence-corrected chi connectivity index (χ4v) is 2.05. The van der Waals surface area contributed by atoms with Crippen molar-refractivity contribution in [1.29, 1.82) is 0 Å². The molecule has 0 atom stereocenters. The molecule has 3 N–H and O–H groups in total. The Hall–Kier alpha value is -1.96. The lowest BCUT2D eigenvalue weighted by Gasteiger charge is -2.22. The maximum Gasteiger partial charge on any atom is 0.0349 e. The average molecular weight is 254 g/mol. The summed E-state index contributed by atoms with van der Waals surface area (Å²) in [4.78, 5) is 0. The van der Waals surface area contributed by atoms with Gasteiger partial charge in [-0.25, -0.2) is 0 Å². The van der Waals surface area contributed by atoms with E-state index in [0.717, 1.165) is 17.8 Å². The lowest BCUT2D eigenvalue weighted by atomic mass is 10.0. The molecular weight excluding hydrogens is 232 g/mol. The lowest BCUT2D eigenvalue weighted by Crippen LogP contribution is -2.25. The summed E-state index contributed by atoms with van der Waals surface area (Å²) in [6, 6.07) is 16.6. The molecule has 2 nitrogen and oxygen atoms in total. The second kappa shape index (κ2) is 5.35. The highest BCUT2D eigenvalue weighted by atomic mass is 14.9. The van der Waals surface area contributed by atoms with Crippen LogP contribution in [0.4, 0.5) is 11.4 Å². The molecule has 2 aromatic carbocycles. The first-order valence-electron chi connectivity index (χ1n) is 6.64. The van der Waals surface area contributed by atoms with E-state index in [2.05, 4.69) is 56.4 Å². The average Bonchev–Trinajstić information content (AvgIpc) is 2.33. The molecule has 0 saturated heterocycles. The maximum absolute atomic E-state index is 5.97. The van der Waals surface area contributed by atoms with Crippen LogP contribution in [0.5, 0.6) is 0 Å². The van der Waals surface area contributed by atoms with Gasteiger partial charge in [-0.05, 0) is 56.5 Å². The van der Waals surface area contributed by atoms with Crippen LogP contribution in [0.15, 0.2) is 48.5 Å². The van der Waals surface area contributed by atoms with E-state index in [9.17, 15) is 0 Å². The Kier molecular flexibility index (Phi) is 3.79. The molecule has 2 heteroatoms. The fraction of sp³-hybridized carbons (Fsp3) is 0.294. The molecule has 0 spiro atoms. The van der Waals surface area contributed by atoms with E-state index in [0.29, 0.717) is 0 Å². The first-order valence-corrected chi connectivity index (χ1v) is 6.64. The highest BCUT2D eigenvalue weighted by Crippen LogP contribution is 2.19. The van der Waals surface area contributed by atoms with Crippen molar-refractivity contribution in [3.05, 3.63) is 59.7 Å². The summed E-state index contributed by atoms with van der Waals surface area (Å²) >= 11 is 0. The van der Waals surface area contributed by atoms with Crippen LogP contribution in [0.25, 0.3) is 0 Å². The Balaban J connectivity index is 2.09. The first-order chi connectivity index (χ1) is 8.94. The number of nitrogen functional groups attached to an aromatic ring is 1. The fourth-order valence-electron chi connectivity index (χ4n) is 2.05. The minimum absolute atomic E-state index is 0.0887. The second-order valence-electron chi connectivity index (χ2n) is 5.95. The van der Waals surface area contributed by atoms with Crippen LogP contribution in [0.2, 0.25) is 0 Å². The van der Waals surface area contributed by atoms with E-state index in [-0.39, 0.29) is 5.54 Å². The van der Waals surface area contributed by atoms with Gasteiger partial charge < -0.3 is 11.1 Å². The van der Waals surface area contributed by atoms with Gasteiger partial charge in [-0.1, -0.05) is 30.3 Å².